The Hall–Kier alpha value is -3.75. The molecule has 3 heterocycles. The lowest BCUT2D eigenvalue weighted by atomic mass is 9.82. The maximum Gasteiger partial charge on any atom is 0.156 e. The van der Waals surface area contributed by atoms with Crippen LogP contribution in [0.2, 0.25) is 5.02 Å². The molecule has 0 aliphatic carbocycles. The first-order chi connectivity index (χ1) is 19.9. The Morgan fingerprint density at radius 1 is 1.00 bits per heavy atom. The molecule has 0 amide bonds. The van der Waals surface area contributed by atoms with E-state index >= 15 is 0 Å². The maximum absolute atomic E-state index is 12.5. The third-order valence-electron chi connectivity index (χ3n) is 7.84. The van der Waals surface area contributed by atoms with E-state index in [-0.39, 0.29) is 0 Å². The number of ether oxygens (including phenoxy) is 1. The molecule has 7 nitrogen and oxygen atoms in total. The van der Waals surface area contributed by atoms with E-state index in [4.69, 9.17) is 21.3 Å². The van der Waals surface area contributed by atoms with Crippen LogP contribution in [0.5, 0.6) is 0 Å². The molecule has 5 aromatic rings. The minimum Gasteiger partial charge on any atom is -0.379 e. The van der Waals surface area contributed by atoms with Gasteiger partial charge < -0.3 is 19.7 Å². The SMILES string of the molecule is Cc1cccc(-c2cc(NCCN3CCOCC3)nc3ccc(C(O)(c4ccc(Cl)cc4)c4cncn4C)cc23)c1. The fourth-order valence-corrected chi connectivity index (χ4v) is 5.75. The summed E-state index contributed by atoms with van der Waals surface area (Å²) < 4.78 is 7.33. The van der Waals surface area contributed by atoms with Gasteiger partial charge in [-0.15, -0.1) is 0 Å². The summed E-state index contributed by atoms with van der Waals surface area (Å²) in [7, 11) is 1.89. The molecule has 1 unspecified atom stereocenters. The van der Waals surface area contributed by atoms with Crippen LogP contribution in [0, 0.1) is 6.92 Å². The van der Waals surface area contributed by atoms with Crippen LogP contribution in [-0.2, 0) is 17.4 Å². The van der Waals surface area contributed by atoms with Gasteiger partial charge in [-0.05, 0) is 59.5 Å². The normalized spacial score (nSPS) is 15.6. The average Bonchev–Trinajstić information content (AvgIpc) is 3.43. The number of nitrogens with one attached hydrogen (secondary N) is 1. The van der Waals surface area contributed by atoms with E-state index in [1.165, 1.54) is 5.56 Å². The molecule has 6 rings (SSSR count). The number of aromatic nitrogens is 3. The zero-order valence-corrected chi connectivity index (χ0v) is 24.1. The monoisotopic (exact) mass is 567 g/mol. The Morgan fingerprint density at radius 3 is 2.51 bits per heavy atom. The Morgan fingerprint density at radius 2 is 1.78 bits per heavy atom. The summed E-state index contributed by atoms with van der Waals surface area (Å²) in [6.07, 6.45) is 3.41. The highest BCUT2D eigenvalue weighted by molar-refractivity contribution is 6.30. The van der Waals surface area contributed by atoms with Crippen LogP contribution in [0.4, 0.5) is 5.82 Å². The second-order valence-electron chi connectivity index (χ2n) is 10.6. The summed E-state index contributed by atoms with van der Waals surface area (Å²) in [4.78, 5) is 11.7. The van der Waals surface area contributed by atoms with Crippen molar-refractivity contribution < 1.29 is 9.84 Å². The van der Waals surface area contributed by atoms with Crippen LogP contribution in [0.15, 0.2) is 85.3 Å². The van der Waals surface area contributed by atoms with Gasteiger partial charge in [0, 0.05) is 43.6 Å². The molecule has 1 atom stereocenters. The largest absolute Gasteiger partial charge is 0.379 e. The van der Waals surface area contributed by atoms with Crippen LogP contribution >= 0.6 is 11.6 Å². The summed E-state index contributed by atoms with van der Waals surface area (Å²) >= 11 is 6.22. The fourth-order valence-electron chi connectivity index (χ4n) is 5.62. The van der Waals surface area contributed by atoms with Crippen molar-refractivity contribution in [2.45, 2.75) is 12.5 Å². The first-order valence-electron chi connectivity index (χ1n) is 13.9. The zero-order valence-electron chi connectivity index (χ0n) is 23.3. The van der Waals surface area contributed by atoms with Gasteiger partial charge in [-0.1, -0.05) is 59.6 Å². The Kier molecular flexibility index (Phi) is 7.77. The van der Waals surface area contributed by atoms with E-state index in [1.807, 2.05) is 35.9 Å². The predicted molar refractivity (Wildman–Crippen MR) is 164 cm³/mol. The van der Waals surface area contributed by atoms with Crippen LogP contribution < -0.4 is 5.32 Å². The van der Waals surface area contributed by atoms with Crippen molar-refractivity contribution in [2.24, 2.45) is 7.05 Å². The molecule has 8 heteroatoms. The molecule has 1 saturated heterocycles. The summed E-state index contributed by atoms with van der Waals surface area (Å²) in [5.74, 6) is 0.828. The number of hydrogen-bond donors (Lipinski definition) is 2. The fraction of sp³-hybridized carbons (Fsp3) is 0.273. The van der Waals surface area contributed by atoms with Crippen molar-refractivity contribution in [3.05, 3.63) is 113 Å². The Bertz CT molecular complexity index is 1660. The molecule has 41 heavy (non-hydrogen) atoms. The van der Waals surface area contributed by atoms with Crippen molar-refractivity contribution in [2.75, 3.05) is 44.7 Å². The van der Waals surface area contributed by atoms with Gasteiger partial charge in [-0.3, -0.25) is 4.90 Å². The number of morpholine rings is 1. The van der Waals surface area contributed by atoms with E-state index in [9.17, 15) is 5.11 Å². The van der Waals surface area contributed by atoms with Gasteiger partial charge in [0.2, 0.25) is 0 Å². The molecule has 0 saturated carbocycles. The molecule has 0 radical (unpaired) electrons. The number of benzene rings is 3. The highest BCUT2D eigenvalue weighted by Gasteiger charge is 2.37. The molecule has 1 aliphatic heterocycles. The number of nitrogens with zero attached hydrogens (tertiary/aromatic N) is 4. The number of halogens is 1. The Labute approximate surface area is 245 Å². The average molecular weight is 568 g/mol. The van der Waals surface area contributed by atoms with Gasteiger partial charge in [-0.2, -0.15) is 0 Å². The third kappa shape index (κ3) is 5.59. The number of rotatable bonds is 8. The standard InChI is InChI=1S/C33H34ClN5O2/c1-23-4-3-5-24(18-23)28-20-32(36-12-13-39-14-16-41-17-15-39)37-30-11-8-26(19-29(28)30)33(40,31-21-35-22-38(31)2)25-6-9-27(34)10-7-25/h3-11,18-22,40H,12-17H2,1-2H3,(H,36,37). The predicted octanol–water partition coefficient (Wildman–Crippen LogP) is 5.63. The smallest absolute Gasteiger partial charge is 0.156 e. The van der Waals surface area contributed by atoms with Crippen LogP contribution in [0.1, 0.15) is 22.4 Å². The number of aliphatic hydroxyl groups is 1. The number of pyridine rings is 1. The minimum absolute atomic E-state index is 0.610. The first kappa shape index (κ1) is 27.4. The molecule has 3 aromatic carbocycles. The summed E-state index contributed by atoms with van der Waals surface area (Å²) in [5, 5.41) is 17.6. The van der Waals surface area contributed by atoms with E-state index in [2.05, 4.69) is 58.5 Å². The Balaban J connectivity index is 1.46. The van der Waals surface area contributed by atoms with Crippen LogP contribution in [0.25, 0.3) is 22.0 Å². The van der Waals surface area contributed by atoms with Gasteiger partial charge in [0.1, 0.15) is 5.82 Å². The number of hydrogen-bond acceptors (Lipinski definition) is 6. The molecule has 2 aromatic heterocycles. The third-order valence-corrected chi connectivity index (χ3v) is 8.09. The topological polar surface area (TPSA) is 75.4 Å². The molecular weight excluding hydrogens is 534 g/mol. The number of aryl methyl sites for hydroxylation is 2. The second kappa shape index (κ2) is 11.6. The lowest BCUT2D eigenvalue weighted by Gasteiger charge is -2.30. The van der Waals surface area contributed by atoms with Crippen molar-refractivity contribution in [3.8, 4) is 11.1 Å². The van der Waals surface area contributed by atoms with E-state index in [0.29, 0.717) is 16.3 Å². The highest BCUT2D eigenvalue weighted by atomic mass is 35.5. The number of anilines is 1. The lowest BCUT2D eigenvalue weighted by Crippen LogP contribution is -2.39. The minimum atomic E-state index is -1.46. The van der Waals surface area contributed by atoms with Crippen molar-refractivity contribution in [3.63, 3.8) is 0 Å². The van der Waals surface area contributed by atoms with Gasteiger partial charge in [-0.25, -0.2) is 9.97 Å². The zero-order chi connectivity index (χ0) is 28.4. The number of imidazole rings is 1. The summed E-state index contributed by atoms with van der Waals surface area (Å²) in [6.45, 7) is 7.31. The lowest BCUT2D eigenvalue weighted by molar-refractivity contribution is 0.0398. The summed E-state index contributed by atoms with van der Waals surface area (Å²) in [5.41, 5.74) is 4.81. The van der Waals surface area contributed by atoms with E-state index in [1.54, 1.807) is 24.7 Å². The van der Waals surface area contributed by atoms with Crippen molar-refractivity contribution in [1.82, 2.24) is 19.4 Å². The van der Waals surface area contributed by atoms with Crippen LogP contribution in [-0.4, -0.2) is 63.9 Å². The van der Waals surface area contributed by atoms with E-state index < -0.39 is 5.60 Å². The number of fused-ring (bicyclic) bond motifs is 1. The van der Waals surface area contributed by atoms with Gasteiger partial charge in [0.15, 0.2) is 5.60 Å². The second-order valence-corrected chi connectivity index (χ2v) is 11.1. The molecule has 1 aliphatic rings. The molecule has 210 valence electrons. The molecular formula is C33H34ClN5O2. The molecule has 1 fully saturated rings. The molecule has 0 bridgehead atoms. The molecule has 2 N–H and O–H groups in total. The van der Waals surface area contributed by atoms with Gasteiger partial charge in [0.25, 0.3) is 0 Å². The van der Waals surface area contributed by atoms with E-state index in [0.717, 1.165) is 72.8 Å². The van der Waals surface area contributed by atoms with Crippen molar-refractivity contribution >= 4 is 28.3 Å². The maximum atomic E-state index is 12.5. The summed E-state index contributed by atoms with van der Waals surface area (Å²) in [6, 6.07) is 23.9. The first-order valence-corrected chi connectivity index (χ1v) is 14.3. The van der Waals surface area contributed by atoms with Gasteiger partial charge in [0.05, 0.1) is 36.9 Å². The molecule has 0 spiro atoms. The van der Waals surface area contributed by atoms with Crippen molar-refractivity contribution in [1.29, 1.82) is 0 Å². The highest BCUT2D eigenvalue weighted by Crippen LogP contribution is 2.40. The van der Waals surface area contributed by atoms with Gasteiger partial charge >= 0.3 is 0 Å². The van der Waals surface area contributed by atoms with Crippen LogP contribution in [0.3, 0.4) is 0 Å². The quantitative estimate of drug-likeness (QED) is 0.253.